The van der Waals surface area contributed by atoms with E-state index in [1.807, 2.05) is 0 Å². The molecule has 2 rings (SSSR count). The minimum atomic E-state index is -0.572. The van der Waals surface area contributed by atoms with E-state index in [0.29, 0.717) is 24.5 Å². The lowest BCUT2D eigenvalue weighted by Crippen LogP contribution is -2.13. The first kappa shape index (κ1) is 35.4. The molecule has 0 saturated carbocycles. The summed E-state index contributed by atoms with van der Waals surface area (Å²) >= 11 is 0. The van der Waals surface area contributed by atoms with Gasteiger partial charge in [0.25, 0.3) is 0 Å². The topological polar surface area (TPSA) is 61.8 Å². The van der Waals surface area contributed by atoms with Gasteiger partial charge in [0.1, 0.15) is 11.5 Å². The van der Waals surface area contributed by atoms with Gasteiger partial charge in [-0.05, 0) is 61.4 Å². The summed E-state index contributed by atoms with van der Waals surface area (Å²) in [5.74, 6) is 0.737. The summed E-state index contributed by atoms with van der Waals surface area (Å²) in [5, 5.41) is 0. The van der Waals surface area contributed by atoms with Crippen molar-refractivity contribution in [3.05, 3.63) is 64.3 Å². The molecule has 0 radical (unpaired) electrons. The number of rotatable bonds is 25. The largest absolute Gasteiger partial charge is 0.494 e. The maximum Gasteiger partial charge on any atom is 0.343 e. The van der Waals surface area contributed by atoms with E-state index in [1.165, 1.54) is 115 Å². The minimum absolute atomic E-state index is 0.0146. The molecule has 0 fully saturated rings. The maximum absolute atomic E-state index is 12.7. The van der Waals surface area contributed by atoms with Crippen molar-refractivity contribution in [1.29, 1.82) is 0 Å². The highest BCUT2D eigenvalue weighted by molar-refractivity contribution is 5.91. The van der Waals surface area contributed by atoms with Gasteiger partial charge in [-0.25, -0.2) is 4.79 Å². The standard InChI is InChI=1S/C37H56O5/c1-3-5-7-9-11-13-15-17-19-20-30-40-33-24-22-32(23-25-33)37(39)42-36-29-27-34(26-28-35(36)38)41-31-21-18-16-14-12-10-8-6-4-2/h22-29H,3-21,30-31H2,1-2H3. The SMILES string of the molecule is CCCCCCCCCCCCOc1ccc(C(=O)Oc2ccc(OCCCCCCCCCCC)ccc2=O)cc1. The summed E-state index contributed by atoms with van der Waals surface area (Å²) in [6.45, 7) is 5.78. The summed E-state index contributed by atoms with van der Waals surface area (Å²) in [6, 6.07) is 13.1. The molecule has 2 aromatic carbocycles. The van der Waals surface area contributed by atoms with Crippen LogP contribution in [0.2, 0.25) is 0 Å². The molecule has 5 heteroatoms. The van der Waals surface area contributed by atoms with Gasteiger partial charge < -0.3 is 14.2 Å². The zero-order chi connectivity index (χ0) is 30.1. The Kier molecular flexibility index (Phi) is 20.0. The zero-order valence-electron chi connectivity index (χ0n) is 26.5. The number of esters is 1. The van der Waals surface area contributed by atoms with E-state index in [0.717, 1.165) is 25.0 Å². The van der Waals surface area contributed by atoms with Crippen molar-refractivity contribution >= 4 is 5.97 Å². The number of carbonyl (C=O) groups excluding carboxylic acids is 1. The van der Waals surface area contributed by atoms with Crippen molar-refractivity contribution in [3.63, 3.8) is 0 Å². The maximum atomic E-state index is 12.7. The molecule has 5 nitrogen and oxygen atoms in total. The van der Waals surface area contributed by atoms with Gasteiger partial charge in [-0.2, -0.15) is 0 Å². The fraction of sp³-hybridized carbons (Fsp3) is 0.622. The molecule has 0 N–H and O–H groups in total. The molecular formula is C37H56O5. The van der Waals surface area contributed by atoms with Crippen LogP contribution in [0.4, 0.5) is 0 Å². The third-order valence-corrected chi connectivity index (χ3v) is 7.62. The van der Waals surface area contributed by atoms with E-state index in [4.69, 9.17) is 14.2 Å². The molecule has 0 aromatic heterocycles. The first-order valence-corrected chi connectivity index (χ1v) is 16.9. The van der Waals surface area contributed by atoms with Crippen molar-refractivity contribution < 1.29 is 19.0 Å². The van der Waals surface area contributed by atoms with E-state index in [-0.39, 0.29) is 11.2 Å². The molecular weight excluding hydrogens is 524 g/mol. The molecule has 2 aromatic rings. The molecule has 0 bridgehead atoms. The molecule has 42 heavy (non-hydrogen) atoms. The average Bonchev–Trinajstić information content (AvgIpc) is 3.17. The monoisotopic (exact) mass is 580 g/mol. The third-order valence-electron chi connectivity index (χ3n) is 7.62. The van der Waals surface area contributed by atoms with Gasteiger partial charge in [0.2, 0.25) is 5.43 Å². The van der Waals surface area contributed by atoms with Crippen molar-refractivity contribution in [2.75, 3.05) is 13.2 Å². The zero-order valence-corrected chi connectivity index (χ0v) is 26.5. The highest BCUT2D eigenvalue weighted by atomic mass is 16.5. The normalized spacial score (nSPS) is 10.9. The lowest BCUT2D eigenvalue weighted by Gasteiger charge is -2.07. The number of hydrogen-bond acceptors (Lipinski definition) is 5. The van der Waals surface area contributed by atoms with Crippen LogP contribution in [0.15, 0.2) is 53.3 Å². The molecule has 0 spiro atoms. The van der Waals surface area contributed by atoms with E-state index in [9.17, 15) is 9.59 Å². The van der Waals surface area contributed by atoms with E-state index >= 15 is 0 Å². The van der Waals surface area contributed by atoms with Gasteiger partial charge in [-0.1, -0.05) is 123 Å². The lowest BCUT2D eigenvalue weighted by molar-refractivity contribution is 0.0733. The second-order valence-corrected chi connectivity index (χ2v) is 11.4. The molecule has 0 aliphatic rings. The Hall–Kier alpha value is -2.82. The Morgan fingerprint density at radius 3 is 1.33 bits per heavy atom. The first-order chi connectivity index (χ1) is 20.6. The molecule has 0 unspecified atom stereocenters. The third kappa shape index (κ3) is 16.6. The smallest absolute Gasteiger partial charge is 0.343 e. The molecule has 0 atom stereocenters. The number of carbonyl (C=O) groups is 1. The van der Waals surface area contributed by atoms with Crippen LogP contribution in [-0.2, 0) is 0 Å². The fourth-order valence-electron chi connectivity index (χ4n) is 4.94. The van der Waals surface area contributed by atoms with Crippen molar-refractivity contribution in [3.8, 4) is 17.2 Å². The van der Waals surface area contributed by atoms with Crippen molar-refractivity contribution in [2.45, 2.75) is 136 Å². The van der Waals surface area contributed by atoms with E-state index in [2.05, 4.69) is 13.8 Å². The van der Waals surface area contributed by atoms with E-state index < -0.39 is 5.97 Å². The Bertz CT molecular complexity index is 1020. The average molecular weight is 581 g/mol. The summed E-state index contributed by atoms with van der Waals surface area (Å²) in [5.41, 5.74) is 0.00625. The summed E-state index contributed by atoms with van der Waals surface area (Å²) in [6.07, 6.45) is 24.2. The number of ether oxygens (including phenoxy) is 3. The molecule has 0 aliphatic heterocycles. The Morgan fingerprint density at radius 1 is 0.500 bits per heavy atom. The first-order valence-electron chi connectivity index (χ1n) is 16.9. The van der Waals surface area contributed by atoms with Gasteiger partial charge in [-0.15, -0.1) is 0 Å². The second kappa shape index (κ2) is 23.7. The Balaban J connectivity index is 1.64. The highest BCUT2D eigenvalue weighted by Crippen LogP contribution is 2.17. The van der Waals surface area contributed by atoms with Crippen LogP contribution in [-0.4, -0.2) is 19.2 Å². The quantitative estimate of drug-likeness (QED) is 0.0863. The van der Waals surface area contributed by atoms with Crippen LogP contribution in [0.25, 0.3) is 0 Å². The van der Waals surface area contributed by atoms with Gasteiger partial charge >= 0.3 is 5.97 Å². The summed E-state index contributed by atoms with van der Waals surface area (Å²) < 4.78 is 17.1. The Morgan fingerprint density at radius 2 is 0.881 bits per heavy atom. The predicted octanol–water partition coefficient (Wildman–Crippen LogP) is 10.5. The van der Waals surface area contributed by atoms with Crippen molar-refractivity contribution in [2.24, 2.45) is 0 Å². The van der Waals surface area contributed by atoms with Gasteiger partial charge in [-0.3, -0.25) is 4.79 Å². The highest BCUT2D eigenvalue weighted by Gasteiger charge is 2.11. The van der Waals surface area contributed by atoms with Crippen LogP contribution < -0.4 is 19.6 Å². The molecule has 0 aliphatic carbocycles. The fourth-order valence-corrected chi connectivity index (χ4v) is 4.94. The summed E-state index contributed by atoms with van der Waals surface area (Å²) in [4.78, 5) is 25.1. The molecule has 0 amide bonds. The number of hydrogen-bond donors (Lipinski definition) is 0. The van der Waals surface area contributed by atoms with Gasteiger partial charge in [0, 0.05) is 0 Å². The van der Waals surface area contributed by atoms with E-state index in [1.54, 1.807) is 36.4 Å². The molecule has 0 heterocycles. The van der Waals surface area contributed by atoms with Crippen LogP contribution in [0, 0.1) is 0 Å². The Labute approximate surface area is 255 Å². The second-order valence-electron chi connectivity index (χ2n) is 11.4. The predicted molar refractivity (Wildman–Crippen MR) is 174 cm³/mol. The van der Waals surface area contributed by atoms with Crippen LogP contribution in [0.3, 0.4) is 0 Å². The molecule has 234 valence electrons. The summed E-state index contributed by atoms with van der Waals surface area (Å²) in [7, 11) is 0. The van der Waals surface area contributed by atoms with Crippen LogP contribution in [0.5, 0.6) is 17.2 Å². The minimum Gasteiger partial charge on any atom is -0.494 e. The van der Waals surface area contributed by atoms with Crippen molar-refractivity contribution in [1.82, 2.24) is 0 Å². The van der Waals surface area contributed by atoms with Gasteiger partial charge in [0.15, 0.2) is 5.75 Å². The number of benzene rings is 1. The van der Waals surface area contributed by atoms with Gasteiger partial charge in [0.05, 0.1) is 18.8 Å². The molecule has 0 saturated heterocycles. The van der Waals surface area contributed by atoms with Crippen LogP contribution >= 0.6 is 0 Å². The lowest BCUT2D eigenvalue weighted by atomic mass is 10.1. The number of unbranched alkanes of at least 4 members (excludes halogenated alkanes) is 17. The van der Waals surface area contributed by atoms with Crippen LogP contribution in [0.1, 0.15) is 146 Å².